The maximum Gasteiger partial charge on any atom is 0.261 e. The molecule has 6 heteroatoms. The average molecular weight is 332 g/mol. The number of amides is 1. The minimum atomic E-state index is -0.867. The fraction of sp³-hybridized carbons (Fsp3) is 0.278. The van der Waals surface area contributed by atoms with Crippen LogP contribution in [0.1, 0.15) is 10.4 Å². The first-order valence-corrected chi connectivity index (χ1v) is 7.97. The number of benzene rings is 2. The molecule has 2 aromatic rings. The van der Waals surface area contributed by atoms with Crippen LogP contribution in [0.4, 0.5) is 20.2 Å². The van der Waals surface area contributed by atoms with E-state index in [1.165, 1.54) is 11.0 Å². The largest absolute Gasteiger partial charge is 0.359 e. The van der Waals surface area contributed by atoms with Gasteiger partial charge in [-0.2, -0.15) is 0 Å². The molecule has 0 atom stereocenters. The van der Waals surface area contributed by atoms with Crippen molar-refractivity contribution >= 4 is 17.3 Å². The van der Waals surface area contributed by atoms with Gasteiger partial charge in [-0.25, -0.2) is 8.78 Å². The zero-order valence-electron chi connectivity index (χ0n) is 13.5. The molecule has 3 rings (SSSR count). The van der Waals surface area contributed by atoms with E-state index in [0.29, 0.717) is 5.69 Å². The highest BCUT2D eigenvalue weighted by atomic mass is 19.1. The van der Waals surface area contributed by atoms with Crippen LogP contribution in [0.15, 0.2) is 42.5 Å². The first-order chi connectivity index (χ1) is 11.6. The average Bonchev–Trinajstić information content (AvgIpc) is 2.56. The standard InChI is InChI=1S/C18H19F2N3O/c1-22-9-11-23(12-10-22)16-8-3-2-7-15(16)21-18(24)17-13(19)5-4-6-14(17)20/h2-8H,9-12H2,1H3,(H,21,24)/p+1. The van der Waals surface area contributed by atoms with Gasteiger partial charge >= 0.3 is 0 Å². The lowest BCUT2D eigenvalue weighted by Gasteiger charge is -2.33. The number of carbonyl (C=O) groups excluding carboxylic acids is 1. The minimum Gasteiger partial charge on any atom is -0.359 e. The molecule has 24 heavy (non-hydrogen) atoms. The van der Waals surface area contributed by atoms with Crippen molar-refractivity contribution in [2.24, 2.45) is 0 Å². The predicted molar refractivity (Wildman–Crippen MR) is 89.6 cm³/mol. The smallest absolute Gasteiger partial charge is 0.261 e. The van der Waals surface area contributed by atoms with Crippen molar-refractivity contribution < 1.29 is 18.5 Å². The number of halogens is 2. The lowest BCUT2D eigenvalue weighted by molar-refractivity contribution is -0.880. The summed E-state index contributed by atoms with van der Waals surface area (Å²) in [5.41, 5.74) is 0.870. The van der Waals surface area contributed by atoms with E-state index >= 15 is 0 Å². The van der Waals surface area contributed by atoms with Crippen LogP contribution in [0.2, 0.25) is 0 Å². The molecule has 0 radical (unpaired) electrons. The fourth-order valence-electron chi connectivity index (χ4n) is 2.88. The molecule has 1 saturated heterocycles. The molecule has 2 aromatic carbocycles. The number of carbonyl (C=O) groups is 1. The number of para-hydroxylation sites is 2. The van der Waals surface area contributed by atoms with Gasteiger partial charge < -0.3 is 15.1 Å². The molecule has 1 aliphatic heterocycles. The Morgan fingerprint density at radius 1 is 1.04 bits per heavy atom. The number of anilines is 2. The maximum atomic E-state index is 13.8. The Labute approximate surface area is 139 Å². The van der Waals surface area contributed by atoms with Gasteiger partial charge in [-0.1, -0.05) is 18.2 Å². The quantitative estimate of drug-likeness (QED) is 0.895. The third-order valence-electron chi connectivity index (χ3n) is 4.30. The molecule has 0 aliphatic carbocycles. The zero-order valence-corrected chi connectivity index (χ0v) is 13.5. The Bertz CT molecular complexity index is 723. The molecule has 1 amide bonds. The number of nitrogens with one attached hydrogen (secondary N) is 2. The number of quaternary nitrogens is 1. The maximum absolute atomic E-state index is 13.8. The summed E-state index contributed by atoms with van der Waals surface area (Å²) in [5, 5.41) is 2.65. The number of rotatable bonds is 3. The van der Waals surface area contributed by atoms with Gasteiger partial charge in [0, 0.05) is 0 Å². The second-order valence-electron chi connectivity index (χ2n) is 6.01. The summed E-state index contributed by atoms with van der Waals surface area (Å²) in [6, 6.07) is 10.7. The second-order valence-corrected chi connectivity index (χ2v) is 6.01. The second kappa shape index (κ2) is 6.97. The van der Waals surface area contributed by atoms with Crippen LogP contribution in [0.3, 0.4) is 0 Å². The number of hydrogen-bond donors (Lipinski definition) is 2. The molecule has 0 saturated carbocycles. The Morgan fingerprint density at radius 3 is 2.33 bits per heavy atom. The van der Waals surface area contributed by atoms with E-state index in [0.717, 1.165) is 44.0 Å². The molecule has 1 heterocycles. The third kappa shape index (κ3) is 3.38. The predicted octanol–water partition coefficient (Wildman–Crippen LogP) is 1.55. The monoisotopic (exact) mass is 332 g/mol. The molecular formula is C18H20F2N3O+. The van der Waals surface area contributed by atoms with Gasteiger partial charge in [0.25, 0.3) is 5.91 Å². The first-order valence-electron chi connectivity index (χ1n) is 7.97. The Morgan fingerprint density at radius 2 is 1.67 bits per heavy atom. The van der Waals surface area contributed by atoms with Gasteiger partial charge in [0.2, 0.25) is 0 Å². The molecular weight excluding hydrogens is 312 g/mol. The highest BCUT2D eigenvalue weighted by molar-refractivity contribution is 6.06. The SMILES string of the molecule is C[NH+]1CCN(c2ccccc2NC(=O)c2c(F)cccc2F)CC1. The van der Waals surface area contributed by atoms with Crippen LogP contribution >= 0.6 is 0 Å². The highest BCUT2D eigenvalue weighted by Crippen LogP contribution is 2.26. The van der Waals surface area contributed by atoms with E-state index in [-0.39, 0.29) is 0 Å². The van der Waals surface area contributed by atoms with Gasteiger partial charge in [0.1, 0.15) is 17.2 Å². The molecule has 1 fully saturated rings. The fourth-order valence-corrected chi connectivity index (χ4v) is 2.88. The lowest BCUT2D eigenvalue weighted by atomic mass is 10.1. The van der Waals surface area contributed by atoms with Gasteiger partial charge in [0.05, 0.1) is 44.6 Å². The molecule has 0 bridgehead atoms. The van der Waals surface area contributed by atoms with Crippen molar-refractivity contribution in [3.63, 3.8) is 0 Å². The summed E-state index contributed by atoms with van der Waals surface area (Å²) in [4.78, 5) is 16.0. The van der Waals surface area contributed by atoms with Crippen molar-refractivity contribution in [3.8, 4) is 0 Å². The van der Waals surface area contributed by atoms with Crippen LogP contribution in [0.5, 0.6) is 0 Å². The topological polar surface area (TPSA) is 36.8 Å². The van der Waals surface area contributed by atoms with Crippen molar-refractivity contribution in [3.05, 3.63) is 59.7 Å². The summed E-state index contributed by atoms with van der Waals surface area (Å²) in [6.07, 6.45) is 0. The van der Waals surface area contributed by atoms with Crippen molar-refractivity contribution in [1.29, 1.82) is 0 Å². The van der Waals surface area contributed by atoms with Crippen molar-refractivity contribution in [2.45, 2.75) is 0 Å². The summed E-state index contributed by atoms with van der Waals surface area (Å²) in [6.45, 7) is 3.74. The van der Waals surface area contributed by atoms with Crippen LogP contribution in [-0.4, -0.2) is 39.1 Å². The van der Waals surface area contributed by atoms with E-state index in [9.17, 15) is 13.6 Å². The Hall–Kier alpha value is -2.47. The summed E-state index contributed by atoms with van der Waals surface area (Å²) >= 11 is 0. The summed E-state index contributed by atoms with van der Waals surface area (Å²) in [5.74, 6) is -2.51. The van der Waals surface area contributed by atoms with E-state index in [4.69, 9.17) is 0 Å². The normalized spacial score (nSPS) is 15.4. The lowest BCUT2D eigenvalue weighted by Crippen LogP contribution is -3.12. The molecule has 126 valence electrons. The summed E-state index contributed by atoms with van der Waals surface area (Å²) < 4.78 is 27.6. The van der Waals surface area contributed by atoms with E-state index in [2.05, 4.69) is 17.3 Å². The van der Waals surface area contributed by atoms with Gasteiger partial charge in [0.15, 0.2) is 0 Å². The van der Waals surface area contributed by atoms with Crippen LogP contribution in [0.25, 0.3) is 0 Å². The molecule has 2 N–H and O–H groups in total. The van der Waals surface area contributed by atoms with E-state index < -0.39 is 23.1 Å². The molecule has 0 unspecified atom stereocenters. The number of piperazine rings is 1. The van der Waals surface area contributed by atoms with Crippen LogP contribution in [-0.2, 0) is 0 Å². The Balaban J connectivity index is 1.84. The molecule has 4 nitrogen and oxygen atoms in total. The molecule has 0 spiro atoms. The van der Waals surface area contributed by atoms with Crippen LogP contribution in [0, 0.1) is 11.6 Å². The third-order valence-corrected chi connectivity index (χ3v) is 4.30. The van der Waals surface area contributed by atoms with Gasteiger partial charge in [-0.3, -0.25) is 4.79 Å². The highest BCUT2D eigenvalue weighted by Gasteiger charge is 2.22. The number of likely N-dealkylation sites (N-methyl/N-ethyl adjacent to an activating group) is 1. The Kier molecular flexibility index (Phi) is 4.76. The van der Waals surface area contributed by atoms with Gasteiger partial charge in [-0.05, 0) is 24.3 Å². The van der Waals surface area contributed by atoms with Crippen molar-refractivity contribution in [2.75, 3.05) is 43.4 Å². The minimum absolute atomic E-state index is 0.560. The van der Waals surface area contributed by atoms with Crippen LogP contribution < -0.4 is 15.1 Å². The van der Waals surface area contributed by atoms with E-state index in [1.54, 1.807) is 12.1 Å². The first kappa shape index (κ1) is 16.4. The van der Waals surface area contributed by atoms with Crippen molar-refractivity contribution in [1.82, 2.24) is 0 Å². The summed E-state index contributed by atoms with van der Waals surface area (Å²) in [7, 11) is 2.14. The molecule has 1 aliphatic rings. The molecule has 0 aromatic heterocycles. The van der Waals surface area contributed by atoms with E-state index in [1.807, 2.05) is 12.1 Å². The zero-order chi connectivity index (χ0) is 17.1. The number of nitrogens with zero attached hydrogens (tertiary/aromatic N) is 1. The van der Waals surface area contributed by atoms with Gasteiger partial charge in [-0.15, -0.1) is 0 Å². The number of hydrogen-bond acceptors (Lipinski definition) is 2.